The van der Waals surface area contributed by atoms with Crippen molar-refractivity contribution in [3.63, 3.8) is 0 Å². The molecule has 4 aromatic rings. The first kappa shape index (κ1) is 33.2. The number of alkyl halides is 2. The highest BCUT2D eigenvalue weighted by Crippen LogP contribution is 2.47. The van der Waals surface area contributed by atoms with Gasteiger partial charge in [-0.1, -0.05) is 50.6 Å². The normalized spacial score (nSPS) is 18.8. The molecule has 1 saturated carbocycles. The van der Waals surface area contributed by atoms with Crippen LogP contribution in [0, 0.1) is 11.2 Å². The van der Waals surface area contributed by atoms with Crippen LogP contribution in [0.1, 0.15) is 76.6 Å². The molecule has 0 unspecified atom stereocenters. The minimum atomic E-state index is -2.85. The Balaban J connectivity index is 1.41. The predicted octanol–water partition coefficient (Wildman–Crippen LogP) is 6.11. The molecular weight excluding hydrogens is 647 g/mol. The Hall–Kier alpha value is -4.72. The van der Waals surface area contributed by atoms with Gasteiger partial charge in [-0.05, 0) is 60.4 Å². The molecule has 11 nitrogen and oxygen atoms in total. The van der Waals surface area contributed by atoms with Crippen molar-refractivity contribution in [1.82, 2.24) is 35.2 Å². The standard InChI is InChI=1S/C33H35ClF3N9O2/c1-32(2,3)16-33(23-8-4-18(13-25(23)35)20-14-41-45(15-20)30(36)37)29(48)46(31(38)43-33)26(10-11-27(47)42-21-6-7-21)19-5-9-24(34)22(12-19)28-39-17-40-44-28/h4-5,8-9,12-15,17,21,26,30H,6-7,10-11,16H2,1-3H3,(H2,38,43)(H,42,47)(H,39,40,44)/t26-,33-/m1/s1. The summed E-state index contributed by atoms with van der Waals surface area (Å²) < 4.78 is 43.0. The van der Waals surface area contributed by atoms with Gasteiger partial charge in [0.1, 0.15) is 12.1 Å². The average Bonchev–Trinajstić information content (AvgIpc) is 3.38. The average molecular weight is 682 g/mol. The Morgan fingerprint density at radius 3 is 2.58 bits per heavy atom. The third kappa shape index (κ3) is 6.66. The van der Waals surface area contributed by atoms with Crippen molar-refractivity contribution in [2.45, 2.75) is 77.0 Å². The Bertz CT molecular complexity index is 1870. The minimum absolute atomic E-state index is 0.0124. The number of rotatable bonds is 11. The fraction of sp³-hybridized carbons (Fsp3) is 0.394. The lowest BCUT2D eigenvalue weighted by atomic mass is 9.75. The number of halogens is 4. The Morgan fingerprint density at radius 1 is 1.19 bits per heavy atom. The second-order valence-electron chi connectivity index (χ2n) is 13.4. The van der Waals surface area contributed by atoms with Crippen LogP contribution in [0.5, 0.6) is 0 Å². The van der Waals surface area contributed by atoms with E-state index in [1.54, 1.807) is 24.3 Å². The van der Waals surface area contributed by atoms with E-state index in [-0.39, 0.29) is 48.3 Å². The predicted molar refractivity (Wildman–Crippen MR) is 173 cm³/mol. The first-order valence-corrected chi connectivity index (χ1v) is 15.9. The highest BCUT2D eigenvalue weighted by Gasteiger charge is 2.54. The molecule has 0 radical (unpaired) electrons. The van der Waals surface area contributed by atoms with E-state index < -0.39 is 35.3 Å². The SMILES string of the molecule is CC(C)(C)C[C@]1(c2ccc(-c3cnn(C(F)F)c3)cc2F)N=C(N)N([C@H](CCC(=O)NC2CC2)c2ccc(Cl)c(-c3ncn[nH]3)c2)C1=O. The summed E-state index contributed by atoms with van der Waals surface area (Å²) in [6, 6.07) is 8.69. The maximum Gasteiger partial charge on any atom is 0.333 e. The van der Waals surface area contributed by atoms with Gasteiger partial charge in [-0.25, -0.2) is 19.0 Å². The zero-order valence-electron chi connectivity index (χ0n) is 26.6. The summed E-state index contributed by atoms with van der Waals surface area (Å²) in [7, 11) is 0. The van der Waals surface area contributed by atoms with Crippen LogP contribution in [0.4, 0.5) is 13.2 Å². The van der Waals surface area contributed by atoms with E-state index in [0.717, 1.165) is 19.0 Å². The number of benzene rings is 2. The summed E-state index contributed by atoms with van der Waals surface area (Å²) in [5.74, 6) is -1.20. The lowest BCUT2D eigenvalue weighted by molar-refractivity contribution is -0.135. The van der Waals surface area contributed by atoms with Gasteiger partial charge in [0.2, 0.25) is 5.91 Å². The van der Waals surface area contributed by atoms with Gasteiger partial charge < -0.3 is 11.1 Å². The highest BCUT2D eigenvalue weighted by atomic mass is 35.5. The fourth-order valence-corrected chi connectivity index (χ4v) is 6.39. The van der Waals surface area contributed by atoms with Crippen molar-refractivity contribution < 1.29 is 22.8 Å². The van der Waals surface area contributed by atoms with Gasteiger partial charge in [-0.15, -0.1) is 0 Å². The Morgan fingerprint density at radius 2 is 1.96 bits per heavy atom. The number of hydrogen-bond donors (Lipinski definition) is 3. The van der Waals surface area contributed by atoms with Crippen molar-refractivity contribution in [3.05, 3.63) is 77.1 Å². The first-order valence-electron chi connectivity index (χ1n) is 15.5. The molecule has 15 heteroatoms. The van der Waals surface area contributed by atoms with E-state index in [4.69, 9.17) is 22.3 Å². The molecule has 0 spiro atoms. The van der Waals surface area contributed by atoms with Gasteiger partial charge in [0, 0.05) is 35.3 Å². The number of aromatic nitrogens is 5. The summed E-state index contributed by atoms with van der Waals surface area (Å²) in [6.45, 7) is 2.87. The van der Waals surface area contributed by atoms with E-state index in [1.165, 1.54) is 29.6 Å². The van der Waals surface area contributed by atoms with Crippen LogP contribution in [-0.2, 0) is 15.1 Å². The van der Waals surface area contributed by atoms with Crippen molar-refractivity contribution >= 4 is 29.4 Å². The van der Waals surface area contributed by atoms with Crippen molar-refractivity contribution in [1.29, 1.82) is 0 Å². The molecule has 252 valence electrons. The third-order valence-corrected chi connectivity index (χ3v) is 8.73. The minimum Gasteiger partial charge on any atom is -0.369 e. The lowest BCUT2D eigenvalue weighted by Gasteiger charge is -2.35. The number of H-pyrrole nitrogens is 1. The maximum atomic E-state index is 16.2. The van der Waals surface area contributed by atoms with Gasteiger partial charge >= 0.3 is 6.55 Å². The van der Waals surface area contributed by atoms with E-state index in [0.29, 0.717) is 32.2 Å². The summed E-state index contributed by atoms with van der Waals surface area (Å²) in [6.07, 6.45) is 5.88. The molecular formula is C33H35ClF3N9O2. The highest BCUT2D eigenvalue weighted by molar-refractivity contribution is 6.33. The van der Waals surface area contributed by atoms with Crippen molar-refractivity contribution in [2.24, 2.45) is 16.1 Å². The smallest absolute Gasteiger partial charge is 0.333 e. The van der Waals surface area contributed by atoms with E-state index in [1.807, 2.05) is 20.8 Å². The molecule has 1 aliphatic carbocycles. The number of carbonyl (C=O) groups is 2. The monoisotopic (exact) mass is 681 g/mol. The topological polar surface area (TPSA) is 147 Å². The van der Waals surface area contributed by atoms with Crippen LogP contribution < -0.4 is 11.1 Å². The largest absolute Gasteiger partial charge is 0.369 e. The zero-order valence-corrected chi connectivity index (χ0v) is 27.3. The second kappa shape index (κ2) is 12.7. The van der Waals surface area contributed by atoms with Crippen LogP contribution >= 0.6 is 11.6 Å². The number of carbonyl (C=O) groups excluding carboxylic acids is 2. The number of nitrogens with zero attached hydrogens (tertiary/aromatic N) is 6. The molecule has 2 aromatic carbocycles. The van der Waals surface area contributed by atoms with Crippen LogP contribution in [-0.4, -0.2) is 53.7 Å². The molecule has 2 aliphatic rings. The van der Waals surface area contributed by atoms with Gasteiger partial charge in [0.15, 0.2) is 17.3 Å². The molecule has 2 amide bonds. The number of hydrogen-bond acceptors (Lipinski definition) is 7. The maximum absolute atomic E-state index is 16.2. The molecule has 0 bridgehead atoms. The quantitative estimate of drug-likeness (QED) is 0.174. The molecule has 2 atom stereocenters. The summed E-state index contributed by atoms with van der Waals surface area (Å²) in [5.41, 5.74) is 6.01. The van der Waals surface area contributed by atoms with Crippen LogP contribution in [0.2, 0.25) is 5.02 Å². The van der Waals surface area contributed by atoms with Gasteiger partial charge in [-0.2, -0.15) is 19.0 Å². The third-order valence-electron chi connectivity index (χ3n) is 8.40. The second-order valence-corrected chi connectivity index (χ2v) is 13.8. The number of nitrogens with one attached hydrogen (secondary N) is 2. The summed E-state index contributed by atoms with van der Waals surface area (Å²) in [5, 5.41) is 13.7. The first-order chi connectivity index (χ1) is 22.8. The number of guanidine groups is 1. The summed E-state index contributed by atoms with van der Waals surface area (Å²) >= 11 is 6.53. The number of nitrogens with two attached hydrogens (primary N) is 1. The number of aromatic amines is 1. The van der Waals surface area contributed by atoms with E-state index in [2.05, 4.69) is 25.6 Å². The van der Waals surface area contributed by atoms with Gasteiger partial charge in [0.25, 0.3) is 5.91 Å². The molecule has 3 heterocycles. The van der Waals surface area contributed by atoms with Crippen LogP contribution in [0.15, 0.2) is 60.1 Å². The molecule has 1 fully saturated rings. The fourth-order valence-electron chi connectivity index (χ4n) is 6.19. The van der Waals surface area contributed by atoms with Gasteiger partial charge in [-0.3, -0.25) is 19.6 Å². The lowest BCUT2D eigenvalue weighted by Crippen LogP contribution is -2.46. The molecule has 6 rings (SSSR count). The van der Waals surface area contributed by atoms with Crippen molar-refractivity contribution in [3.8, 4) is 22.5 Å². The van der Waals surface area contributed by atoms with E-state index >= 15 is 4.39 Å². The number of aliphatic imine (C=N–C) groups is 1. The van der Waals surface area contributed by atoms with E-state index in [9.17, 15) is 18.4 Å². The molecule has 1 aliphatic heterocycles. The van der Waals surface area contributed by atoms with Gasteiger partial charge in [0.05, 0.1) is 17.3 Å². The van der Waals surface area contributed by atoms with Crippen LogP contribution in [0.3, 0.4) is 0 Å². The molecule has 0 saturated heterocycles. The molecule has 2 aromatic heterocycles. The van der Waals surface area contributed by atoms with Crippen molar-refractivity contribution in [2.75, 3.05) is 0 Å². The van der Waals surface area contributed by atoms with Crippen LogP contribution in [0.25, 0.3) is 22.5 Å². The molecule has 4 N–H and O–H groups in total. The number of amides is 2. The Kier molecular flexibility index (Phi) is 8.79. The molecule has 48 heavy (non-hydrogen) atoms. The summed E-state index contributed by atoms with van der Waals surface area (Å²) in [4.78, 5) is 38.0. The Labute approximate surface area is 279 Å². The zero-order chi connectivity index (χ0) is 34.4.